The van der Waals surface area contributed by atoms with Crippen molar-refractivity contribution in [2.75, 3.05) is 18.1 Å². The number of hydrogen-bond acceptors (Lipinski definition) is 4. The van der Waals surface area contributed by atoms with Crippen molar-refractivity contribution in [1.29, 1.82) is 0 Å². The second kappa shape index (κ2) is 5.90. The lowest BCUT2D eigenvalue weighted by Crippen LogP contribution is -2.34. The maximum Gasteiger partial charge on any atom is 0.341 e. The molecule has 112 valence electrons. The van der Waals surface area contributed by atoms with Gasteiger partial charge in [-0.25, -0.2) is 4.79 Å². The highest BCUT2D eigenvalue weighted by Crippen LogP contribution is 2.34. The molecule has 1 unspecified atom stereocenters. The fourth-order valence-electron chi connectivity index (χ4n) is 3.29. The summed E-state index contributed by atoms with van der Waals surface area (Å²) in [7, 11) is 0. The van der Waals surface area contributed by atoms with Crippen LogP contribution < -0.4 is 10.5 Å². The lowest BCUT2D eigenvalue weighted by atomic mass is 10.0. The molecular formula is C17H21NO3. The Morgan fingerprint density at radius 2 is 2.19 bits per heavy atom. The quantitative estimate of drug-likeness (QED) is 0.878. The van der Waals surface area contributed by atoms with Gasteiger partial charge in [0.1, 0.15) is 5.58 Å². The van der Waals surface area contributed by atoms with Gasteiger partial charge in [0.05, 0.1) is 23.9 Å². The first-order valence-electron chi connectivity index (χ1n) is 7.68. The van der Waals surface area contributed by atoms with E-state index in [2.05, 4.69) is 11.8 Å². The normalized spacial score (nSPS) is 18.6. The highest BCUT2D eigenvalue weighted by molar-refractivity contribution is 5.92. The first-order valence-corrected chi connectivity index (χ1v) is 7.68. The van der Waals surface area contributed by atoms with E-state index in [1.807, 2.05) is 24.3 Å². The molecule has 0 amide bonds. The summed E-state index contributed by atoms with van der Waals surface area (Å²) in [6.45, 7) is 3.07. The Kier molecular flexibility index (Phi) is 3.97. The molecule has 4 heteroatoms. The monoisotopic (exact) mass is 287 g/mol. The second-order valence-electron chi connectivity index (χ2n) is 5.63. The summed E-state index contributed by atoms with van der Waals surface area (Å²) in [6.07, 6.45) is 3.62. The molecule has 0 bridgehead atoms. The Morgan fingerprint density at radius 1 is 1.38 bits per heavy atom. The van der Waals surface area contributed by atoms with Crippen LogP contribution in [0.3, 0.4) is 0 Å². The lowest BCUT2D eigenvalue weighted by molar-refractivity contribution is 0.266. The molecule has 1 aromatic heterocycles. The molecular weight excluding hydrogens is 266 g/mol. The maximum atomic E-state index is 12.3. The van der Waals surface area contributed by atoms with Crippen molar-refractivity contribution in [2.24, 2.45) is 0 Å². The van der Waals surface area contributed by atoms with Gasteiger partial charge < -0.3 is 14.4 Å². The van der Waals surface area contributed by atoms with Crippen molar-refractivity contribution in [3.63, 3.8) is 0 Å². The Labute approximate surface area is 124 Å². The van der Waals surface area contributed by atoms with E-state index in [-0.39, 0.29) is 18.3 Å². The van der Waals surface area contributed by atoms with Crippen LogP contribution in [-0.4, -0.2) is 24.3 Å². The number of benzene rings is 1. The smallest absolute Gasteiger partial charge is 0.341 e. The van der Waals surface area contributed by atoms with Gasteiger partial charge in [-0.15, -0.1) is 0 Å². The van der Waals surface area contributed by atoms with E-state index in [4.69, 9.17) is 4.42 Å². The maximum absolute atomic E-state index is 12.3. The van der Waals surface area contributed by atoms with E-state index in [0.29, 0.717) is 12.0 Å². The summed E-state index contributed by atoms with van der Waals surface area (Å²) >= 11 is 0. The van der Waals surface area contributed by atoms with Crippen molar-refractivity contribution in [1.82, 2.24) is 0 Å². The van der Waals surface area contributed by atoms with Gasteiger partial charge in [0, 0.05) is 11.9 Å². The van der Waals surface area contributed by atoms with Crippen LogP contribution in [0.5, 0.6) is 0 Å². The van der Waals surface area contributed by atoms with E-state index >= 15 is 0 Å². The minimum atomic E-state index is -0.242. The zero-order valence-electron chi connectivity index (χ0n) is 12.3. The van der Waals surface area contributed by atoms with Crippen LogP contribution >= 0.6 is 0 Å². The SMILES string of the molecule is CCCc1c(N2CCCC2CO)c2ccccc2oc1=O. The van der Waals surface area contributed by atoms with Gasteiger partial charge in [0.2, 0.25) is 0 Å². The number of rotatable bonds is 4. The van der Waals surface area contributed by atoms with Crippen LogP contribution in [0, 0.1) is 0 Å². The fraction of sp³-hybridized carbons (Fsp3) is 0.471. The number of fused-ring (bicyclic) bond motifs is 1. The number of para-hydroxylation sites is 1. The van der Waals surface area contributed by atoms with Crippen LogP contribution in [0.25, 0.3) is 11.0 Å². The minimum absolute atomic E-state index is 0.103. The third kappa shape index (κ3) is 2.44. The van der Waals surface area contributed by atoms with Crippen LogP contribution in [-0.2, 0) is 6.42 Å². The number of anilines is 1. The van der Waals surface area contributed by atoms with Crippen LogP contribution in [0.15, 0.2) is 33.5 Å². The predicted octanol–water partition coefficient (Wildman–Crippen LogP) is 2.71. The van der Waals surface area contributed by atoms with Gasteiger partial charge in [-0.1, -0.05) is 25.5 Å². The Bertz CT molecular complexity index is 692. The zero-order valence-corrected chi connectivity index (χ0v) is 12.3. The molecule has 0 saturated carbocycles. The van der Waals surface area contributed by atoms with Crippen molar-refractivity contribution < 1.29 is 9.52 Å². The molecule has 2 heterocycles. The molecule has 1 saturated heterocycles. The van der Waals surface area contributed by atoms with Crippen LogP contribution in [0.1, 0.15) is 31.7 Å². The van der Waals surface area contributed by atoms with E-state index in [9.17, 15) is 9.90 Å². The van der Waals surface area contributed by atoms with Crippen molar-refractivity contribution in [2.45, 2.75) is 38.6 Å². The van der Waals surface area contributed by atoms with E-state index in [0.717, 1.165) is 42.4 Å². The lowest BCUT2D eigenvalue weighted by Gasteiger charge is -2.28. The molecule has 1 fully saturated rings. The van der Waals surface area contributed by atoms with Gasteiger partial charge in [-0.2, -0.15) is 0 Å². The summed E-state index contributed by atoms with van der Waals surface area (Å²) in [5, 5.41) is 10.6. The van der Waals surface area contributed by atoms with Crippen LogP contribution in [0.2, 0.25) is 0 Å². The molecule has 1 aliphatic rings. The molecule has 2 aromatic rings. The second-order valence-corrected chi connectivity index (χ2v) is 5.63. The third-order valence-corrected chi connectivity index (χ3v) is 4.25. The predicted molar refractivity (Wildman–Crippen MR) is 83.9 cm³/mol. The van der Waals surface area contributed by atoms with Gasteiger partial charge >= 0.3 is 5.63 Å². The highest BCUT2D eigenvalue weighted by Gasteiger charge is 2.28. The molecule has 3 rings (SSSR count). The fourth-order valence-corrected chi connectivity index (χ4v) is 3.29. The van der Waals surface area contributed by atoms with Gasteiger partial charge in [-0.05, 0) is 31.4 Å². The number of nitrogens with zero attached hydrogens (tertiary/aromatic N) is 1. The minimum Gasteiger partial charge on any atom is -0.422 e. The first-order chi connectivity index (χ1) is 10.3. The van der Waals surface area contributed by atoms with E-state index in [1.54, 1.807) is 0 Å². The van der Waals surface area contributed by atoms with Crippen molar-refractivity contribution in [3.05, 3.63) is 40.2 Å². The van der Waals surface area contributed by atoms with Gasteiger partial charge in [0.15, 0.2) is 0 Å². The largest absolute Gasteiger partial charge is 0.422 e. The summed E-state index contributed by atoms with van der Waals surface area (Å²) in [4.78, 5) is 14.5. The summed E-state index contributed by atoms with van der Waals surface area (Å²) in [5.74, 6) is 0. The summed E-state index contributed by atoms with van der Waals surface area (Å²) in [6, 6.07) is 7.78. The average molecular weight is 287 g/mol. The van der Waals surface area contributed by atoms with Crippen LogP contribution in [0.4, 0.5) is 5.69 Å². The molecule has 0 aliphatic carbocycles. The molecule has 0 radical (unpaired) electrons. The topological polar surface area (TPSA) is 53.7 Å². The Morgan fingerprint density at radius 3 is 2.95 bits per heavy atom. The molecule has 1 N–H and O–H groups in total. The van der Waals surface area contributed by atoms with Gasteiger partial charge in [0.25, 0.3) is 0 Å². The van der Waals surface area contributed by atoms with E-state index < -0.39 is 0 Å². The standard InChI is InChI=1S/C17H21NO3/c1-2-6-14-16(18-10-5-7-12(18)11-19)13-8-3-4-9-15(13)21-17(14)20/h3-4,8-9,12,19H,2,5-7,10-11H2,1H3. The molecule has 21 heavy (non-hydrogen) atoms. The Hall–Kier alpha value is -1.81. The van der Waals surface area contributed by atoms with Crippen molar-refractivity contribution in [3.8, 4) is 0 Å². The Balaban J connectivity index is 2.26. The zero-order chi connectivity index (χ0) is 14.8. The number of aliphatic hydroxyl groups is 1. The van der Waals surface area contributed by atoms with Gasteiger partial charge in [-0.3, -0.25) is 0 Å². The number of aliphatic hydroxyl groups excluding tert-OH is 1. The molecule has 1 aliphatic heterocycles. The molecule has 1 aromatic carbocycles. The molecule has 0 spiro atoms. The highest BCUT2D eigenvalue weighted by atomic mass is 16.4. The summed E-state index contributed by atoms with van der Waals surface area (Å²) in [5.41, 5.74) is 2.10. The van der Waals surface area contributed by atoms with Crippen molar-refractivity contribution >= 4 is 16.7 Å². The summed E-state index contributed by atoms with van der Waals surface area (Å²) < 4.78 is 5.47. The van der Waals surface area contributed by atoms with E-state index in [1.165, 1.54) is 0 Å². The molecule has 1 atom stereocenters. The number of hydrogen-bond donors (Lipinski definition) is 1. The first kappa shape index (κ1) is 14.1. The third-order valence-electron chi connectivity index (χ3n) is 4.25. The average Bonchev–Trinajstić information content (AvgIpc) is 2.96. The molecule has 4 nitrogen and oxygen atoms in total.